The molecule has 0 saturated heterocycles. The third-order valence-electron chi connectivity index (χ3n) is 5.24. The lowest BCUT2D eigenvalue weighted by atomic mass is 9.72. The number of rotatable bonds is 4. The van der Waals surface area contributed by atoms with Gasteiger partial charge in [0.2, 0.25) is 5.54 Å². The molecule has 9 heteroatoms. The number of ketones is 1. The van der Waals surface area contributed by atoms with Crippen LogP contribution in [0.3, 0.4) is 0 Å². The van der Waals surface area contributed by atoms with Gasteiger partial charge in [0, 0.05) is 36.6 Å². The molecule has 0 saturated carbocycles. The second-order valence-corrected chi connectivity index (χ2v) is 8.16. The first kappa shape index (κ1) is 21.0. The van der Waals surface area contributed by atoms with Crippen molar-refractivity contribution >= 4 is 17.6 Å². The summed E-state index contributed by atoms with van der Waals surface area (Å²) >= 11 is 0. The fourth-order valence-corrected chi connectivity index (χ4v) is 4.03. The number of carbonyl (C=O) groups excluding carboxylic acids is 3. The van der Waals surface area contributed by atoms with E-state index in [1.807, 2.05) is 5.32 Å². The largest absolute Gasteiger partial charge is 0.425 e. The van der Waals surface area contributed by atoms with Gasteiger partial charge in [-0.15, -0.1) is 0 Å². The first-order valence-electron chi connectivity index (χ1n) is 9.32. The van der Waals surface area contributed by atoms with Crippen LogP contribution in [0.5, 0.6) is 0 Å². The van der Waals surface area contributed by atoms with Gasteiger partial charge in [-0.2, -0.15) is 13.2 Å². The quantitative estimate of drug-likeness (QED) is 0.829. The number of carbonyl (C=O) groups is 3. The van der Waals surface area contributed by atoms with Crippen molar-refractivity contribution in [3.8, 4) is 0 Å². The molecule has 1 N–H and O–H groups in total. The fraction of sp³-hybridized carbons (Fsp3) is 0.500. The maximum absolute atomic E-state index is 14.4. The second-order valence-electron chi connectivity index (χ2n) is 8.16. The van der Waals surface area contributed by atoms with Crippen molar-refractivity contribution in [1.29, 1.82) is 0 Å². The van der Waals surface area contributed by atoms with Crippen molar-refractivity contribution < 1.29 is 27.6 Å². The standard InChI is InChI=1S/C20H22F3N3O3/c1-4-9-26-13-10-18(2,3)11-14(27)15(13)19(17(26)29,20(21,22)23)25-16(28)12-5-7-24-8-6-12/h5-8H,4,9-11H2,1-3H3,(H,25,28)/t19-/m1/s1. The molecule has 1 atom stereocenters. The molecule has 0 radical (unpaired) electrons. The lowest BCUT2D eigenvalue weighted by Gasteiger charge is -2.35. The predicted octanol–water partition coefficient (Wildman–Crippen LogP) is 3.01. The van der Waals surface area contributed by atoms with E-state index in [1.165, 1.54) is 24.5 Å². The Labute approximate surface area is 166 Å². The SMILES string of the molecule is CCCN1C(=O)[C@@](NC(=O)c2ccncc2)(C(F)(F)F)C2=C1CC(C)(C)CC2=O. The van der Waals surface area contributed by atoms with E-state index in [4.69, 9.17) is 0 Å². The molecular formula is C20H22F3N3O3. The number of halogens is 3. The molecule has 1 aromatic rings. The maximum Gasteiger partial charge on any atom is 0.425 e. The van der Waals surface area contributed by atoms with Gasteiger partial charge < -0.3 is 10.2 Å². The van der Waals surface area contributed by atoms with E-state index < -0.39 is 40.3 Å². The third kappa shape index (κ3) is 3.32. The van der Waals surface area contributed by atoms with Crippen LogP contribution in [0.2, 0.25) is 0 Å². The number of amides is 2. The zero-order chi connectivity index (χ0) is 21.6. The number of alkyl halides is 3. The molecule has 0 unspecified atom stereocenters. The Hall–Kier alpha value is -2.71. The number of pyridine rings is 1. The number of nitrogens with one attached hydrogen (secondary N) is 1. The lowest BCUT2D eigenvalue weighted by Crippen LogP contribution is -2.66. The summed E-state index contributed by atoms with van der Waals surface area (Å²) in [7, 11) is 0. The monoisotopic (exact) mass is 409 g/mol. The number of Topliss-reactive ketones (excluding diaryl/α,β-unsaturated/α-hetero) is 1. The summed E-state index contributed by atoms with van der Waals surface area (Å²) in [5, 5.41) is 1.88. The normalized spacial score (nSPS) is 24.0. The van der Waals surface area contributed by atoms with Gasteiger partial charge >= 0.3 is 6.18 Å². The first-order chi connectivity index (χ1) is 13.4. The van der Waals surface area contributed by atoms with E-state index in [1.54, 1.807) is 20.8 Å². The highest BCUT2D eigenvalue weighted by molar-refractivity contribution is 6.14. The molecule has 3 rings (SSSR count). The Morgan fingerprint density at radius 2 is 1.83 bits per heavy atom. The number of hydrogen-bond donors (Lipinski definition) is 1. The van der Waals surface area contributed by atoms with Crippen molar-refractivity contribution in [3.63, 3.8) is 0 Å². The van der Waals surface area contributed by atoms with Gasteiger partial charge in [0.25, 0.3) is 11.8 Å². The molecule has 1 aromatic heterocycles. The predicted molar refractivity (Wildman–Crippen MR) is 97.5 cm³/mol. The summed E-state index contributed by atoms with van der Waals surface area (Å²) in [4.78, 5) is 43.4. The van der Waals surface area contributed by atoms with Crippen molar-refractivity contribution in [2.45, 2.75) is 51.7 Å². The van der Waals surface area contributed by atoms with Crippen LogP contribution < -0.4 is 5.32 Å². The van der Waals surface area contributed by atoms with Crippen LogP contribution in [0.15, 0.2) is 35.8 Å². The summed E-state index contributed by atoms with van der Waals surface area (Å²) in [5.74, 6) is -3.19. The molecule has 1 aliphatic carbocycles. The molecule has 2 heterocycles. The van der Waals surface area contributed by atoms with E-state index in [-0.39, 0.29) is 30.6 Å². The zero-order valence-electron chi connectivity index (χ0n) is 16.4. The van der Waals surface area contributed by atoms with E-state index in [9.17, 15) is 27.6 Å². The van der Waals surface area contributed by atoms with Crippen LogP contribution >= 0.6 is 0 Å². The minimum Gasteiger partial charge on any atom is -0.326 e. The molecule has 0 fully saturated rings. The molecule has 29 heavy (non-hydrogen) atoms. The zero-order valence-corrected chi connectivity index (χ0v) is 16.4. The van der Waals surface area contributed by atoms with Crippen LogP contribution in [-0.4, -0.2) is 45.7 Å². The Morgan fingerprint density at radius 1 is 1.21 bits per heavy atom. The van der Waals surface area contributed by atoms with Gasteiger partial charge in [0.1, 0.15) is 0 Å². The first-order valence-corrected chi connectivity index (χ1v) is 9.32. The number of hydrogen-bond acceptors (Lipinski definition) is 4. The Balaban J connectivity index is 2.19. The Kier molecular flexibility index (Phi) is 5.04. The average Bonchev–Trinajstić information content (AvgIpc) is 2.84. The lowest BCUT2D eigenvalue weighted by molar-refractivity contribution is -0.190. The minimum absolute atomic E-state index is 0.0317. The topological polar surface area (TPSA) is 79.4 Å². The van der Waals surface area contributed by atoms with E-state index in [0.717, 1.165) is 4.90 Å². The van der Waals surface area contributed by atoms with Crippen molar-refractivity contribution in [3.05, 3.63) is 41.4 Å². The molecule has 0 bridgehead atoms. The summed E-state index contributed by atoms with van der Waals surface area (Å²) in [5.41, 5.74) is -4.64. The minimum atomic E-state index is -5.19. The Bertz CT molecular complexity index is 893. The summed E-state index contributed by atoms with van der Waals surface area (Å²) in [6.07, 6.45) is -2.26. The highest BCUT2D eigenvalue weighted by atomic mass is 19.4. The van der Waals surface area contributed by atoms with Gasteiger partial charge in [0.15, 0.2) is 5.78 Å². The molecular weight excluding hydrogens is 387 g/mol. The van der Waals surface area contributed by atoms with Crippen LogP contribution in [-0.2, 0) is 9.59 Å². The highest BCUT2D eigenvalue weighted by Crippen LogP contribution is 2.51. The van der Waals surface area contributed by atoms with Crippen molar-refractivity contribution in [2.24, 2.45) is 5.41 Å². The van der Waals surface area contributed by atoms with Gasteiger partial charge in [-0.05, 0) is 30.4 Å². The molecule has 2 aliphatic rings. The van der Waals surface area contributed by atoms with Gasteiger partial charge in [-0.1, -0.05) is 20.8 Å². The van der Waals surface area contributed by atoms with Gasteiger partial charge in [-0.3, -0.25) is 19.4 Å². The average molecular weight is 409 g/mol. The van der Waals surface area contributed by atoms with Crippen LogP contribution in [0.1, 0.15) is 50.4 Å². The van der Waals surface area contributed by atoms with Crippen molar-refractivity contribution in [2.75, 3.05) is 6.54 Å². The third-order valence-corrected chi connectivity index (χ3v) is 5.24. The number of aromatic nitrogens is 1. The van der Waals surface area contributed by atoms with Gasteiger partial charge in [0.05, 0.1) is 5.57 Å². The molecule has 2 amide bonds. The van der Waals surface area contributed by atoms with E-state index in [0.29, 0.717) is 6.42 Å². The summed E-state index contributed by atoms with van der Waals surface area (Å²) in [6.45, 7) is 5.30. The number of nitrogens with zero attached hydrogens (tertiary/aromatic N) is 2. The summed E-state index contributed by atoms with van der Waals surface area (Å²) in [6, 6.07) is 2.48. The molecule has 1 aliphatic heterocycles. The van der Waals surface area contributed by atoms with Gasteiger partial charge in [-0.25, -0.2) is 0 Å². The molecule has 156 valence electrons. The van der Waals surface area contributed by atoms with E-state index >= 15 is 0 Å². The molecule has 0 aromatic carbocycles. The molecule has 6 nitrogen and oxygen atoms in total. The van der Waals surface area contributed by atoms with Crippen molar-refractivity contribution in [1.82, 2.24) is 15.2 Å². The second kappa shape index (κ2) is 6.96. The maximum atomic E-state index is 14.4. The summed E-state index contributed by atoms with van der Waals surface area (Å²) < 4.78 is 43.3. The fourth-order valence-electron chi connectivity index (χ4n) is 4.03. The number of allylic oxidation sites excluding steroid dienone is 1. The van der Waals surface area contributed by atoms with E-state index in [2.05, 4.69) is 4.98 Å². The van der Waals surface area contributed by atoms with Crippen LogP contribution in [0.4, 0.5) is 13.2 Å². The Morgan fingerprint density at radius 3 is 2.38 bits per heavy atom. The van der Waals surface area contributed by atoms with Crippen LogP contribution in [0, 0.1) is 5.41 Å². The smallest absolute Gasteiger partial charge is 0.326 e. The van der Waals surface area contributed by atoms with Crippen LogP contribution in [0.25, 0.3) is 0 Å². The molecule has 0 spiro atoms. The highest BCUT2D eigenvalue weighted by Gasteiger charge is 2.71.